The quantitative estimate of drug-likeness (QED) is 0.571. The molecule has 2 rings (SSSR count). The van der Waals surface area contributed by atoms with Gasteiger partial charge in [0, 0.05) is 11.6 Å². The summed E-state index contributed by atoms with van der Waals surface area (Å²) in [5, 5.41) is 4.56. The Labute approximate surface area is 162 Å². The summed E-state index contributed by atoms with van der Waals surface area (Å²) in [5.74, 6) is -0.418. The zero-order valence-electron chi connectivity index (χ0n) is 15.4. The van der Waals surface area contributed by atoms with Crippen molar-refractivity contribution in [2.24, 2.45) is 5.41 Å². The maximum Gasteiger partial charge on any atom is 0.332 e. The second-order valence-electron chi connectivity index (χ2n) is 6.35. The first-order valence-electron chi connectivity index (χ1n) is 8.37. The average Bonchev–Trinajstić information content (AvgIpc) is 3.18. The minimum Gasteiger partial charge on any atom is -0.463 e. The number of hydrogen-bond acceptors (Lipinski definition) is 7. The van der Waals surface area contributed by atoms with Crippen molar-refractivity contribution in [3.05, 3.63) is 41.9 Å². The van der Waals surface area contributed by atoms with Crippen LogP contribution in [0.25, 0.3) is 0 Å². The molecule has 8 nitrogen and oxygen atoms in total. The van der Waals surface area contributed by atoms with E-state index in [2.05, 4.69) is 10.1 Å². The molecule has 146 valence electrons. The first-order valence-corrected chi connectivity index (χ1v) is 8.75. The molecule has 0 aliphatic heterocycles. The fraction of sp³-hybridized carbons (Fsp3) is 0.444. The van der Waals surface area contributed by atoms with Gasteiger partial charge in [-0.2, -0.15) is 5.10 Å². The van der Waals surface area contributed by atoms with Crippen molar-refractivity contribution in [1.82, 2.24) is 14.8 Å². The summed E-state index contributed by atoms with van der Waals surface area (Å²) in [4.78, 5) is 28.6. The summed E-state index contributed by atoms with van der Waals surface area (Å²) in [6.07, 6.45) is 1.62. The topological polar surface area (TPSA) is 92.5 Å². The third kappa shape index (κ3) is 6.04. The molecular weight excluding hydrogens is 374 g/mol. The van der Waals surface area contributed by atoms with Gasteiger partial charge in [-0.25, -0.2) is 14.5 Å². The Balaban J connectivity index is 2.12. The summed E-state index contributed by atoms with van der Waals surface area (Å²) in [6, 6.07) is 6.60. The molecule has 2 aromatic rings. The minimum atomic E-state index is -1.07. The van der Waals surface area contributed by atoms with Gasteiger partial charge in [0.2, 0.25) is 5.78 Å². The number of ether oxygens (including phenoxy) is 3. The molecule has 9 heteroatoms. The van der Waals surface area contributed by atoms with Gasteiger partial charge in [-0.15, -0.1) is 0 Å². The van der Waals surface area contributed by atoms with Crippen LogP contribution in [0.2, 0.25) is 5.02 Å². The molecule has 0 aliphatic carbocycles. The van der Waals surface area contributed by atoms with E-state index in [0.717, 1.165) is 0 Å². The van der Waals surface area contributed by atoms with Crippen molar-refractivity contribution >= 4 is 23.4 Å². The zero-order chi connectivity index (χ0) is 19.9. The van der Waals surface area contributed by atoms with E-state index in [1.54, 1.807) is 45.0 Å². The predicted molar refractivity (Wildman–Crippen MR) is 97.4 cm³/mol. The van der Waals surface area contributed by atoms with E-state index in [-0.39, 0.29) is 19.0 Å². The van der Waals surface area contributed by atoms with Crippen molar-refractivity contribution in [3.63, 3.8) is 0 Å². The van der Waals surface area contributed by atoms with Crippen LogP contribution in [0.1, 0.15) is 27.0 Å². The van der Waals surface area contributed by atoms with Gasteiger partial charge in [0.15, 0.2) is 0 Å². The Hall–Kier alpha value is -2.45. The molecule has 0 saturated heterocycles. The van der Waals surface area contributed by atoms with Crippen molar-refractivity contribution in [1.29, 1.82) is 0 Å². The largest absolute Gasteiger partial charge is 0.463 e. The number of Topliss-reactive ketones (excluding diaryl/α,β-unsaturated/α-hetero) is 1. The van der Waals surface area contributed by atoms with E-state index >= 15 is 0 Å². The van der Waals surface area contributed by atoms with Gasteiger partial charge in [-0.1, -0.05) is 11.6 Å². The Bertz CT molecular complexity index is 747. The molecule has 1 atom stereocenters. The molecule has 0 aliphatic rings. The van der Waals surface area contributed by atoms with E-state index in [0.29, 0.717) is 17.4 Å². The molecule has 0 amide bonds. The lowest BCUT2D eigenvalue weighted by Gasteiger charge is -2.28. The molecular formula is C18H22ClN3O5. The highest BCUT2D eigenvalue weighted by atomic mass is 35.5. The third-order valence-electron chi connectivity index (χ3n) is 3.65. The van der Waals surface area contributed by atoms with Crippen molar-refractivity contribution in [2.45, 2.75) is 27.0 Å². The molecule has 1 aromatic heterocycles. The number of nitrogens with zero attached hydrogens (tertiary/aromatic N) is 3. The minimum absolute atomic E-state index is 0.118. The van der Waals surface area contributed by atoms with E-state index in [1.807, 2.05) is 0 Å². The molecule has 0 radical (unpaired) electrons. The smallest absolute Gasteiger partial charge is 0.332 e. The van der Waals surface area contributed by atoms with Gasteiger partial charge < -0.3 is 14.2 Å². The van der Waals surface area contributed by atoms with Crippen LogP contribution in [0.15, 0.2) is 36.9 Å². The second kappa shape index (κ2) is 9.48. The molecule has 0 spiro atoms. The van der Waals surface area contributed by atoms with Gasteiger partial charge in [-0.05, 0) is 45.0 Å². The first kappa shape index (κ1) is 20.9. The maximum absolute atomic E-state index is 13.1. The molecule has 1 unspecified atom stereocenters. The van der Waals surface area contributed by atoms with Crippen LogP contribution in [0, 0.1) is 5.41 Å². The summed E-state index contributed by atoms with van der Waals surface area (Å²) >= 11 is 5.88. The highest BCUT2D eigenvalue weighted by Gasteiger charge is 2.38. The van der Waals surface area contributed by atoms with Crippen molar-refractivity contribution in [3.8, 4) is 5.75 Å². The van der Waals surface area contributed by atoms with Crippen LogP contribution in [-0.2, 0) is 19.1 Å². The second-order valence-corrected chi connectivity index (χ2v) is 6.78. The van der Waals surface area contributed by atoms with E-state index in [4.69, 9.17) is 25.8 Å². The molecule has 1 heterocycles. The van der Waals surface area contributed by atoms with Crippen molar-refractivity contribution in [2.75, 3.05) is 19.8 Å². The van der Waals surface area contributed by atoms with Gasteiger partial charge in [0.05, 0.1) is 5.41 Å². The SMILES string of the molecule is CCOCC(=O)OCC(C)(C)C(=O)C(Oc1ccc(Cl)cc1)n1cncn1. The van der Waals surface area contributed by atoms with E-state index in [9.17, 15) is 9.59 Å². The highest BCUT2D eigenvalue weighted by Crippen LogP contribution is 2.27. The molecule has 0 bridgehead atoms. The third-order valence-corrected chi connectivity index (χ3v) is 3.90. The molecule has 0 fully saturated rings. The lowest BCUT2D eigenvalue weighted by molar-refractivity contribution is -0.156. The maximum atomic E-state index is 13.1. The Morgan fingerprint density at radius 2 is 1.96 bits per heavy atom. The van der Waals surface area contributed by atoms with Gasteiger partial charge >= 0.3 is 5.97 Å². The number of carbonyl (C=O) groups is 2. The van der Waals surface area contributed by atoms with Gasteiger partial charge in [-0.3, -0.25) is 4.79 Å². The monoisotopic (exact) mass is 395 g/mol. The van der Waals surface area contributed by atoms with Crippen LogP contribution < -0.4 is 4.74 Å². The highest BCUT2D eigenvalue weighted by molar-refractivity contribution is 6.30. The van der Waals surface area contributed by atoms with Crippen LogP contribution >= 0.6 is 11.6 Å². The lowest BCUT2D eigenvalue weighted by atomic mass is 9.88. The number of carbonyl (C=O) groups excluding carboxylic acids is 2. The number of hydrogen-bond donors (Lipinski definition) is 0. The van der Waals surface area contributed by atoms with Crippen LogP contribution in [0.3, 0.4) is 0 Å². The molecule has 0 saturated carbocycles. The average molecular weight is 396 g/mol. The number of halogens is 1. The number of esters is 1. The lowest BCUT2D eigenvalue weighted by Crippen LogP contribution is -2.39. The first-order chi connectivity index (χ1) is 12.8. The number of aromatic nitrogens is 3. The number of ketones is 1. The normalized spacial score (nSPS) is 12.4. The van der Waals surface area contributed by atoms with E-state index in [1.165, 1.54) is 17.3 Å². The Morgan fingerprint density at radius 3 is 2.56 bits per heavy atom. The fourth-order valence-electron chi connectivity index (χ4n) is 2.10. The Morgan fingerprint density at radius 1 is 1.26 bits per heavy atom. The molecule has 27 heavy (non-hydrogen) atoms. The van der Waals surface area contributed by atoms with Crippen LogP contribution in [-0.4, -0.2) is 46.3 Å². The number of rotatable bonds is 10. The van der Waals surface area contributed by atoms with Gasteiger partial charge in [0.25, 0.3) is 6.23 Å². The van der Waals surface area contributed by atoms with Crippen LogP contribution in [0.4, 0.5) is 0 Å². The van der Waals surface area contributed by atoms with E-state index < -0.39 is 17.6 Å². The standard InChI is InChI=1S/C18H22ClN3O5/c1-4-25-9-15(23)26-10-18(2,3)16(24)17(22-12-20-11-21-22)27-14-7-5-13(19)6-8-14/h5-8,11-12,17H,4,9-10H2,1-3H3. The fourth-order valence-corrected chi connectivity index (χ4v) is 2.23. The summed E-state index contributed by atoms with van der Waals surface area (Å²) in [6.45, 7) is 5.23. The summed E-state index contributed by atoms with van der Waals surface area (Å²) in [7, 11) is 0. The van der Waals surface area contributed by atoms with Crippen molar-refractivity contribution < 1.29 is 23.8 Å². The molecule has 0 N–H and O–H groups in total. The zero-order valence-corrected chi connectivity index (χ0v) is 16.2. The predicted octanol–water partition coefficient (Wildman–Crippen LogP) is 2.68. The van der Waals surface area contributed by atoms with Gasteiger partial charge in [0.1, 0.15) is 31.6 Å². The summed E-state index contributed by atoms with van der Waals surface area (Å²) in [5.41, 5.74) is -1.02. The summed E-state index contributed by atoms with van der Waals surface area (Å²) < 4.78 is 17.3. The van der Waals surface area contributed by atoms with Crippen LogP contribution in [0.5, 0.6) is 5.75 Å². The number of benzene rings is 1. The molecule has 1 aromatic carbocycles. The Kier molecular flexibility index (Phi) is 7.32.